The van der Waals surface area contributed by atoms with Crippen molar-refractivity contribution in [3.8, 4) is 0 Å². The van der Waals surface area contributed by atoms with Gasteiger partial charge in [-0.2, -0.15) is 0 Å². The fourth-order valence-electron chi connectivity index (χ4n) is 2.68. The van der Waals surface area contributed by atoms with Gasteiger partial charge in [0.2, 0.25) is 0 Å². The van der Waals surface area contributed by atoms with Gasteiger partial charge in [0.25, 0.3) is 0 Å². The first-order valence-corrected chi connectivity index (χ1v) is 4.92. The molecule has 1 unspecified atom stereocenters. The highest BCUT2D eigenvalue weighted by Gasteiger charge is 2.45. The number of hydrogen-bond donors (Lipinski definition) is 0. The van der Waals surface area contributed by atoms with E-state index in [1.807, 2.05) is 17.8 Å². The maximum absolute atomic E-state index is 13.4. The third kappa shape index (κ3) is 1.19. The van der Waals surface area contributed by atoms with Crippen LogP contribution in [-0.4, -0.2) is 29.6 Å². The number of carbonyl (C=O) groups excluding carboxylic acids is 1. The topological polar surface area (TPSA) is 20.3 Å². The Kier molecular flexibility index (Phi) is 2.12. The van der Waals surface area contributed by atoms with Crippen LogP contribution in [0, 0.1) is 5.92 Å². The summed E-state index contributed by atoms with van der Waals surface area (Å²) in [6.45, 7) is 2.43. The second-order valence-corrected chi connectivity index (χ2v) is 3.90. The number of rotatable bonds is 1. The summed E-state index contributed by atoms with van der Waals surface area (Å²) in [4.78, 5) is 12.4. The van der Waals surface area contributed by atoms with Crippen LogP contribution in [0.4, 0.5) is 4.39 Å². The molecule has 0 aromatic heterocycles. The van der Waals surface area contributed by atoms with E-state index in [0.29, 0.717) is 12.2 Å². The Balaban J connectivity index is 2.21. The van der Waals surface area contributed by atoms with Gasteiger partial charge in [0.05, 0.1) is 12.2 Å². The van der Waals surface area contributed by atoms with Gasteiger partial charge in [-0.1, -0.05) is 6.92 Å². The molecular formula is C10H14FNO. The monoisotopic (exact) mass is 183 g/mol. The van der Waals surface area contributed by atoms with Crippen LogP contribution in [0.25, 0.3) is 0 Å². The van der Waals surface area contributed by atoms with Crippen molar-refractivity contribution in [1.82, 2.24) is 4.90 Å². The summed E-state index contributed by atoms with van der Waals surface area (Å²) < 4.78 is 13.4. The second-order valence-electron chi connectivity index (χ2n) is 3.90. The van der Waals surface area contributed by atoms with Crippen LogP contribution in [0.1, 0.15) is 26.2 Å². The minimum Gasteiger partial charge on any atom is -0.360 e. The van der Waals surface area contributed by atoms with Gasteiger partial charge in [0.1, 0.15) is 12.1 Å². The van der Waals surface area contributed by atoms with Crippen molar-refractivity contribution >= 4 is 5.94 Å². The summed E-state index contributed by atoms with van der Waals surface area (Å²) in [6.07, 6.45) is 1.84. The Hall–Kier alpha value is -0.820. The lowest BCUT2D eigenvalue weighted by Crippen LogP contribution is -2.25. The van der Waals surface area contributed by atoms with E-state index in [1.165, 1.54) is 0 Å². The molecule has 0 spiro atoms. The van der Waals surface area contributed by atoms with E-state index in [1.54, 1.807) is 0 Å². The zero-order valence-electron chi connectivity index (χ0n) is 7.79. The van der Waals surface area contributed by atoms with Gasteiger partial charge in [-0.05, 0) is 12.8 Å². The number of halogens is 1. The van der Waals surface area contributed by atoms with Crippen molar-refractivity contribution in [3.05, 3.63) is 5.70 Å². The second kappa shape index (κ2) is 3.15. The summed E-state index contributed by atoms with van der Waals surface area (Å²) >= 11 is 0. The van der Waals surface area contributed by atoms with Crippen molar-refractivity contribution < 1.29 is 9.18 Å². The fourth-order valence-corrected chi connectivity index (χ4v) is 2.68. The van der Waals surface area contributed by atoms with Crippen LogP contribution in [0.15, 0.2) is 5.70 Å². The van der Waals surface area contributed by atoms with Crippen LogP contribution in [0.3, 0.4) is 0 Å². The lowest BCUT2D eigenvalue weighted by atomic mass is 9.94. The average Bonchev–Trinajstić information content (AvgIpc) is 2.62. The van der Waals surface area contributed by atoms with E-state index >= 15 is 0 Å². The Morgan fingerprint density at radius 1 is 1.69 bits per heavy atom. The first kappa shape index (κ1) is 8.76. The van der Waals surface area contributed by atoms with E-state index in [-0.39, 0.29) is 12.0 Å². The molecule has 0 bridgehead atoms. The summed E-state index contributed by atoms with van der Waals surface area (Å²) in [5.41, 5.74) is 0.684. The molecule has 0 N–H and O–H groups in total. The lowest BCUT2D eigenvalue weighted by Gasteiger charge is -2.19. The average molecular weight is 183 g/mol. The van der Waals surface area contributed by atoms with Crippen LogP contribution >= 0.6 is 0 Å². The molecule has 0 aromatic rings. The van der Waals surface area contributed by atoms with E-state index in [0.717, 1.165) is 19.3 Å². The Morgan fingerprint density at radius 3 is 3.08 bits per heavy atom. The Labute approximate surface area is 77.4 Å². The van der Waals surface area contributed by atoms with Gasteiger partial charge in [0, 0.05) is 18.4 Å². The number of nitrogens with zero attached hydrogens (tertiary/aromatic N) is 1. The lowest BCUT2D eigenvalue weighted by molar-refractivity contribution is 0.252. The van der Waals surface area contributed by atoms with Crippen LogP contribution in [-0.2, 0) is 4.79 Å². The molecule has 2 heterocycles. The SMILES string of the molecule is CCC1[C@@H](F)CN2C(=C=O)CC[C@@H]12. The molecule has 0 radical (unpaired) electrons. The molecule has 2 nitrogen and oxygen atoms in total. The highest BCUT2D eigenvalue weighted by Crippen LogP contribution is 2.40. The largest absolute Gasteiger partial charge is 0.360 e. The number of allylic oxidation sites excluding steroid dienone is 1. The van der Waals surface area contributed by atoms with E-state index < -0.39 is 6.17 Å². The molecule has 0 saturated carbocycles. The zero-order chi connectivity index (χ0) is 9.42. The quantitative estimate of drug-likeness (QED) is 0.575. The third-order valence-electron chi connectivity index (χ3n) is 3.34. The molecule has 0 aromatic carbocycles. The summed E-state index contributed by atoms with van der Waals surface area (Å²) in [6, 6.07) is 0.274. The van der Waals surface area contributed by atoms with Crippen molar-refractivity contribution in [1.29, 1.82) is 0 Å². The molecule has 0 amide bonds. The predicted molar refractivity (Wildman–Crippen MR) is 47.6 cm³/mol. The molecule has 2 aliphatic rings. The molecular weight excluding hydrogens is 169 g/mol. The first-order chi connectivity index (χ1) is 6.27. The smallest absolute Gasteiger partial charge is 0.145 e. The van der Waals surface area contributed by atoms with Crippen LogP contribution in [0.2, 0.25) is 0 Å². The number of fused-ring (bicyclic) bond motifs is 1. The van der Waals surface area contributed by atoms with Gasteiger partial charge >= 0.3 is 0 Å². The normalized spacial score (nSPS) is 37.8. The summed E-state index contributed by atoms with van der Waals surface area (Å²) in [7, 11) is 0. The van der Waals surface area contributed by atoms with Crippen LogP contribution < -0.4 is 0 Å². The molecule has 2 saturated heterocycles. The minimum atomic E-state index is -0.751. The molecule has 72 valence electrons. The maximum Gasteiger partial charge on any atom is 0.145 e. The highest BCUT2D eigenvalue weighted by molar-refractivity contribution is 5.53. The van der Waals surface area contributed by atoms with Crippen LogP contribution in [0.5, 0.6) is 0 Å². The molecule has 2 aliphatic heterocycles. The van der Waals surface area contributed by atoms with Gasteiger partial charge < -0.3 is 4.90 Å². The van der Waals surface area contributed by atoms with Gasteiger partial charge in [-0.3, -0.25) is 0 Å². The molecule has 3 heteroatoms. The van der Waals surface area contributed by atoms with Crippen molar-refractivity contribution in [3.63, 3.8) is 0 Å². The molecule has 0 aliphatic carbocycles. The van der Waals surface area contributed by atoms with E-state index in [2.05, 4.69) is 0 Å². The maximum atomic E-state index is 13.4. The predicted octanol–water partition coefficient (Wildman–Crippen LogP) is 1.54. The van der Waals surface area contributed by atoms with Crippen molar-refractivity contribution in [2.24, 2.45) is 5.92 Å². The van der Waals surface area contributed by atoms with Crippen molar-refractivity contribution in [2.75, 3.05) is 6.54 Å². The summed E-state index contributed by atoms with van der Waals surface area (Å²) in [5, 5.41) is 0. The van der Waals surface area contributed by atoms with Crippen molar-refractivity contribution in [2.45, 2.75) is 38.4 Å². The Bertz CT molecular complexity index is 260. The van der Waals surface area contributed by atoms with Gasteiger partial charge in [-0.25, -0.2) is 9.18 Å². The van der Waals surface area contributed by atoms with Gasteiger partial charge in [0.15, 0.2) is 0 Å². The zero-order valence-corrected chi connectivity index (χ0v) is 7.79. The number of hydrogen-bond acceptors (Lipinski definition) is 2. The summed E-state index contributed by atoms with van der Waals surface area (Å²) in [5.74, 6) is 2.06. The minimum absolute atomic E-state index is 0.130. The highest BCUT2D eigenvalue weighted by atomic mass is 19.1. The standard InChI is InChI=1S/C10H14FNO/c1-2-8-9(11)5-12-7(6-13)3-4-10(8)12/h8-10H,2-5H2,1H3/t8?,9-,10-/m0/s1. The van der Waals surface area contributed by atoms with E-state index in [9.17, 15) is 9.18 Å². The number of alkyl halides is 1. The molecule has 2 rings (SSSR count). The Morgan fingerprint density at radius 2 is 2.46 bits per heavy atom. The molecule has 13 heavy (non-hydrogen) atoms. The van der Waals surface area contributed by atoms with E-state index in [4.69, 9.17) is 0 Å². The first-order valence-electron chi connectivity index (χ1n) is 4.92. The molecule has 3 atom stereocenters. The molecule has 2 fully saturated rings. The third-order valence-corrected chi connectivity index (χ3v) is 3.34. The van der Waals surface area contributed by atoms with Gasteiger partial charge in [-0.15, -0.1) is 0 Å². The fraction of sp³-hybridized carbons (Fsp3) is 0.800.